The third kappa shape index (κ3) is 20.6. The number of amides is 8. The van der Waals surface area contributed by atoms with E-state index in [0.717, 1.165) is 0 Å². The van der Waals surface area contributed by atoms with E-state index in [1.54, 1.807) is 58.0 Å². The van der Waals surface area contributed by atoms with Crippen molar-refractivity contribution in [1.82, 2.24) is 42.5 Å². The lowest BCUT2D eigenvalue weighted by Gasteiger charge is -2.27. The van der Waals surface area contributed by atoms with E-state index in [-0.39, 0.29) is 37.5 Å². The molecule has 0 unspecified atom stereocenters. The highest BCUT2D eigenvalue weighted by Crippen LogP contribution is 2.11. The Bertz CT molecular complexity index is 1690. The molecule has 0 bridgehead atoms. The maximum Gasteiger partial charge on any atom is 0.326 e. The summed E-state index contributed by atoms with van der Waals surface area (Å²) in [6, 6.07) is 0.764. The van der Waals surface area contributed by atoms with Crippen LogP contribution in [-0.2, 0) is 49.6 Å². The largest absolute Gasteiger partial charge is 0.480 e. The van der Waals surface area contributed by atoms with Crippen molar-refractivity contribution in [3.05, 3.63) is 35.9 Å². The van der Waals surface area contributed by atoms with Gasteiger partial charge in [-0.05, 0) is 62.5 Å². The van der Waals surface area contributed by atoms with Crippen LogP contribution in [0.15, 0.2) is 30.3 Å². The Morgan fingerprint density at radius 1 is 0.635 bits per heavy atom. The van der Waals surface area contributed by atoms with Gasteiger partial charge in [-0.1, -0.05) is 78.3 Å². The molecule has 21 heteroatoms. The quantitative estimate of drug-likeness (QED) is 0.0327. The van der Waals surface area contributed by atoms with Crippen LogP contribution >= 0.6 is 12.6 Å². The molecule has 0 aliphatic heterocycles. The fraction of sp³-hybridized carbons (Fsp3) is 0.643. The van der Waals surface area contributed by atoms with Crippen LogP contribution in [0.4, 0.5) is 0 Å². The maximum absolute atomic E-state index is 14.0. The van der Waals surface area contributed by atoms with E-state index in [9.17, 15) is 48.3 Å². The lowest BCUT2D eigenvalue weighted by atomic mass is 9.98. The molecule has 0 saturated heterocycles. The van der Waals surface area contributed by atoms with Gasteiger partial charge in [0, 0.05) is 12.2 Å². The topological polar surface area (TPSA) is 322 Å². The Balaban J connectivity index is 3.14. The first-order valence-corrected chi connectivity index (χ1v) is 22.0. The Kier molecular flexibility index (Phi) is 25.8. The molecule has 0 aliphatic rings. The average Bonchev–Trinajstić information content (AvgIpc) is 3.23. The maximum atomic E-state index is 14.0. The molecule has 63 heavy (non-hydrogen) atoms. The normalized spacial score (nSPS) is 14.9. The predicted octanol–water partition coefficient (Wildman–Crippen LogP) is -1.39. The number of carbonyl (C=O) groups is 9. The number of hydrogen-bond acceptors (Lipinski definition) is 12. The Labute approximate surface area is 375 Å². The molecule has 8 atom stereocenters. The molecule has 1 aromatic carbocycles. The van der Waals surface area contributed by atoms with Gasteiger partial charge in [0.1, 0.15) is 42.3 Å². The molecule has 0 aromatic heterocycles. The third-order valence-electron chi connectivity index (χ3n) is 10.1. The van der Waals surface area contributed by atoms with E-state index in [2.05, 4.69) is 55.2 Å². The van der Waals surface area contributed by atoms with Gasteiger partial charge in [-0.3, -0.25) is 38.4 Å². The zero-order valence-electron chi connectivity index (χ0n) is 37.5. The summed E-state index contributed by atoms with van der Waals surface area (Å²) in [4.78, 5) is 117. The fourth-order valence-corrected chi connectivity index (χ4v) is 6.42. The van der Waals surface area contributed by atoms with E-state index in [1.807, 2.05) is 13.8 Å². The number of thiol groups is 1. The predicted molar refractivity (Wildman–Crippen MR) is 240 cm³/mol. The zero-order chi connectivity index (χ0) is 47.8. The number of nitrogens with two attached hydrogens (primary N) is 2. The summed E-state index contributed by atoms with van der Waals surface area (Å²) < 4.78 is 0. The van der Waals surface area contributed by atoms with Crippen LogP contribution in [0.25, 0.3) is 0 Å². The lowest BCUT2D eigenvalue weighted by molar-refractivity contribution is -0.143. The number of unbranched alkanes of at least 4 members (excludes halogenated alkanes) is 1. The molecule has 0 heterocycles. The van der Waals surface area contributed by atoms with Crippen molar-refractivity contribution in [2.45, 2.75) is 129 Å². The summed E-state index contributed by atoms with van der Waals surface area (Å²) in [7, 11) is 0. The highest BCUT2D eigenvalue weighted by molar-refractivity contribution is 7.80. The smallest absolute Gasteiger partial charge is 0.326 e. The molecule has 0 aliphatic carbocycles. The molecule has 0 radical (unpaired) electrons. The van der Waals surface area contributed by atoms with Crippen LogP contribution in [0.1, 0.15) is 86.1 Å². The van der Waals surface area contributed by atoms with Crippen molar-refractivity contribution >= 4 is 65.9 Å². The van der Waals surface area contributed by atoms with Crippen molar-refractivity contribution < 1.29 is 48.3 Å². The first-order valence-electron chi connectivity index (χ1n) is 21.3. The lowest BCUT2D eigenvalue weighted by Crippen LogP contribution is -2.59. The first-order chi connectivity index (χ1) is 29.7. The molecule has 0 saturated carbocycles. The Hall–Kier alpha value is -5.28. The minimum absolute atomic E-state index is 0.00215. The van der Waals surface area contributed by atoms with Crippen molar-refractivity contribution in [3.63, 3.8) is 0 Å². The van der Waals surface area contributed by atoms with Gasteiger partial charge < -0.3 is 59.1 Å². The van der Waals surface area contributed by atoms with Gasteiger partial charge in [0.2, 0.25) is 47.3 Å². The van der Waals surface area contributed by atoms with Gasteiger partial charge >= 0.3 is 5.97 Å². The van der Waals surface area contributed by atoms with Crippen molar-refractivity contribution in [2.75, 3.05) is 25.4 Å². The van der Waals surface area contributed by atoms with E-state index in [4.69, 9.17) is 11.5 Å². The number of nitrogens with one attached hydrogen (secondary N) is 8. The number of carboxylic acid groups (broad SMARTS) is 1. The molecule has 354 valence electrons. The van der Waals surface area contributed by atoms with E-state index in [0.29, 0.717) is 31.4 Å². The molecular formula is C42H70N10O10S. The van der Waals surface area contributed by atoms with E-state index >= 15 is 0 Å². The van der Waals surface area contributed by atoms with E-state index < -0.39 is 114 Å². The van der Waals surface area contributed by atoms with Crippen LogP contribution < -0.4 is 54.0 Å². The number of benzene rings is 1. The van der Waals surface area contributed by atoms with Crippen LogP contribution in [0.3, 0.4) is 0 Å². The summed E-state index contributed by atoms with van der Waals surface area (Å²) in [6.07, 6.45) is 1.79. The number of aliphatic carboxylic acids is 1. The number of hydrogen-bond donors (Lipinski definition) is 12. The second-order valence-corrected chi connectivity index (χ2v) is 16.6. The highest BCUT2D eigenvalue weighted by atomic mass is 32.1. The van der Waals surface area contributed by atoms with Crippen LogP contribution in [0.5, 0.6) is 0 Å². The van der Waals surface area contributed by atoms with Crippen molar-refractivity contribution in [1.29, 1.82) is 0 Å². The van der Waals surface area contributed by atoms with Gasteiger partial charge in [-0.25, -0.2) is 4.79 Å². The van der Waals surface area contributed by atoms with Gasteiger partial charge in [-0.2, -0.15) is 12.6 Å². The van der Waals surface area contributed by atoms with Gasteiger partial charge in [-0.15, -0.1) is 0 Å². The second kappa shape index (κ2) is 29.2. The monoisotopic (exact) mass is 906 g/mol. The molecular weight excluding hydrogens is 837 g/mol. The highest BCUT2D eigenvalue weighted by Gasteiger charge is 2.33. The molecule has 0 fully saturated rings. The molecule has 20 nitrogen and oxygen atoms in total. The molecule has 1 rings (SSSR count). The average molecular weight is 907 g/mol. The fourth-order valence-electron chi connectivity index (χ4n) is 6.17. The SMILES string of the molecule is CC[C@H](C)[C@H](NC(=O)CNC(=O)[C@H](CS)NC(=O)[C@H](CCCCN)NC(=O)[C@H](Cc1ccccc1)NC(=O)[C@H](CC(C)C)NC(=O)CN)C(=O)N[C@@H](C)C(=O)N[C@H](C(=O)O)C(C)C. The van der Waals surface area contributed by atoms with Crippen molar-refractivity contribution in [2.24, 2.45) is 29.2 Å². The number of rotatable bonds is 29. The van der Waals surface area contributed by atoms with E-state index in [1.165, 1.54) is 6.92 Å². The van der Waals surface area contributed by atoms with Crippen molar-refractivity contribution in [3.8, 4) is 0 Å². The third-order valence-corrected chi connectivity index (χ3v) is 10.4. The zero-order valence-corrected chi connectivity index (χ0v) is 38.3. The first kappa shape index (κ1) is 55.7. The Morgan fingerprint density at radius 2 is 1.22 bits per heavy atom. The van der Waals surface area contributed by atoms with Crippen LogP contribution in [0.2, 0.25) is 0 Å². The molecule has 1 aromatic rings. The standard InChI is InChI=1S/C42H70N10O10S/c1-8-25(6)35(41(60)46-26(7)36(55)52-34(24(4)5)42(61)62)51-33(54)21-45-37(56)31(22-63)50-38(57)28(16-12-13-17-43)48-40(59)30(19-27-14-10-9-11-15-27)49-39(58)29(18-23(2)3)47-32(53)20-44/h9-11,14-15,23-26,28-31,34-35,63H,8,12-13,16-22,43-44H2,1-7H3,(H,45,56)(H,46,60)(H,47,53)(H,48,59)(H,49,58)(H,50,57)(H,51,54)(H,52,55)(H,61,62)/t25-,26-,28-,29-,30-,31-,34-,35-/m0/s1. The summed E-state index contributed by atoms with van der Waals surface area (Å²) >= 11 is 4.23. The van der Waals surface area contributed by atoms with Gasteiger partial charge in [0.15, 0.2) is 0 Å². The number of carboxylic acids is 1. The minimum atomic E-state index is -1.28. The summed E-state index contributed by atoms with van der Waals surface area (Å²) in [5.41, 5.74) is 11.9. The Morgan fingerprint density at radius 3 is 1.76 bits per heavy atom. The summed E-state index contributed by atoms with van der Waals surface area (Å²) in [6.45, 7) is 11.2. The van der Waals surface area contributed by atoms with Gasteiger partial charge in [0.25, 0.3) is 0 Å². The molecule has 0 spiro atoms. The summed E-state index contributed by atoms with van der Waals surface area (Å²) in [5.74, 6) is -7.88. The second-order valence-electron chi connectivity index (χ2n) is 16.2. The molecule has 8 amide bonds. The van der Waals surface area contributed by atoms with Crippen LogP contribution in [0, 0.1) is 17.8 Å². The summed E-state index contributed by atoms with van der Waals surface area (Å²) in [5, 5.41) is 29.9. The van der Waals surface area contributed by atoms with Crippen LogP contribution in [-0.4, -0.2) is 126 Å². The minimum Gasteiger partial charge on any atom is -0.480 e. The molecule has 13 N–H and O–H groups in total. The van der Waals surface area contributed by atoms with Gasteiger partial charge in [0.05, 0.1) is 13.1 Å². The number of carbonyl (C=O) groups excluding carboxylic acids is 8.